The van der Waals surface area contributed by atoms with Crippen molar-refractivity contribution in [2.24, 2.45) is 0 Å². The van der Waals surface area contributed by atoms with E-state index < -0.39 is 23.4 Å². The molecule has 0 saturated heterocycles. The molecule has 10 heteroatoms. The standard InChI is InChI=1S/C17H12ClN3O6/c18-12-7-10(21(24)25)5-6-13(12)19-16(22)9-26-17(23)8-14-11-3-1-2-4-15(11)27-20-14/h1-7H,8-9H2,(H,19,22). The molecule has 0 aliphatic rings. The van der Waals surface area contributed by atoms with Gasteiger partial charge >= 0.3 is 5.97 Å². The van der Waals surface area contributed by atoms with Crippen LogP contribution in [0.4, 0.5) is 11.4 Å². The lowest BCUT2D eigenvalue weighted by Gasteiger charge is -2.07. The van der Waals surface area contributed by atoms with E-state index in [0.29, 0.717) is 16.7 Å². The molecule has 3 aromatic rings. The second kappa shape index (κ2) is 7.83. The van der Waals surface area contributed by atoms with Crippen LogP contribution < -0.4 is 5.32 Å². The molecule has 138 valence electrons. The van der Waals surface area contributed by atoms with Crippen molar-refractivity contribution < 1.29 is 23.8 Å². The van der Waals surface area contributed by atoms with Crippen LogP contribution in [0.3, 0.4) is 0 Å². The van der Waals surface area contributed by atoms with E-state index >= 15 is 0 Å². The van der Waals surface area contributed by atoms with Crippen molar-refractivity contribution in [1.82, 2.24) is 5.16 Å². The van der Waals surface area contributed by atoms with Gasteiger partial charge in [-0.15, -0.1) is 0 Å². The zero-order valence-electron chi connectivity index (χ0n) is 13.7. The van der Waals surface area contributed by atoms with Gasteiger partial charge in [-0.3, -0.25) is 19.7 Å². The van der Waals surface area contributed by atoms with Crippen LogP contribution in [0.15, 0.2) is 47.0 Å². The van der Waals surface area contributed by atoms with Gasteiger partial charge < -0.3 is 14.6 Å². The lowest BCUT2D eigenvalue weighted by Crippen LogP contribution is -2.21. The number of hydrogen-bond donors (Lipinski definition) is 1. The molecule has 1 aromatic heterocycles. The number of non-ortho nitro benzene ring substituents is 1. The first-order chi connectivity index (χ1) is 12.9. The Morgan fingerprint density at radius 2 is 2.04 bits per heavy atom. The predicted octanol–water partition coefficient (Wildman–Crippen LogP) is 3.11. The van der Waals surface area contributed by atoms with E-state index in [2.05, 4.69) is 10.5 Å². The summed E-state index contributed by atoms with van der Waals surface area (Å²) in [6.07, 6.45) is -0.150. The van der Waals surface area contributed by atoms with Crippen LogP contribution >= 0.6 is 11.6 Å². The zero-order chi connectivity index (χ0) is 19.4. The summed E-state index contributed by atoms with van der Waals surface area (Å²) >= 11 is 5.88. The minimum atomic E-state index is -0.654. The van der Waals surface area contributed by atoms with Crippen LogP contribution in [-0.2, 0) is 20.7 Å². The largest absolute Gasteiger partial charge is 0.455 e. The maximum atomic E-state index is 11.9. The number of carbonyl (C=O) groups is 2. The van der Waals surface area contributed by atoms with E-state index in [9.17, 15) is 19.7 Å². The van der Waals surface area contributed by atoms with Gasteiger partial charge in [0.05, 0.1) is 22.1 Å². The zero-order valence-corrected chi connectivity index (χ0v) is 14.4. The summed E-state index contributed by atoms with van der Waals surface area (Å²) in [5, 5.41) is 17.6. The first-order valence-corrected chi connectivity index (χ1v) is 8.04. The van der Waals surface area contributed by atoms with Gasteiger partial charge in [-0.05, 0) is 18.2 Å². The van der Waals surface area contributed by atoms with Gasteiger partial charge in [0.2, 0.25) is 0 Å². The summed E-state index contributed by atoms with van der Waals surface area (Å²) in [6.45, 7) is -0.540. The quantitative estimate of drug-likeness (QED) is 0.390. The number of nitrogens with zero attached hydrogens (tertiary/aromatic N) is 2. The van der Waals surface area contributed by atoms with Crippen LogP contribution in [-0.4, -0.2) is 28.6 Å². The Morgan fingerprint density at radius 1 is 1.26 bits per heavy atom. The fourth-order valence-corrected chi connectivity index (χ4v) is 2.53. The lowest BCUT2D eigenvalue weighted by molar-refractivity contribution is -0.384. The SMILES string of the molecule is O=C(COC(=O)Cc1noc2ccccc12)Nc1ccc([N+](=O)[O-])cc1Cl. The minimum Gasteiger partial charge on any atom is -0.455 e. The topological polar surface area (TPSA) is 125 Å². The Bertz CT molecular complexity index is 1030. The van der Waals surface area contributed by atoms with Gasteiger partial charge in [0.1, 0.15) is 5.69 Å². The van der Waals surface area contributed by atoms with Gasteiger partial charge in [-0.2, -0.15) is 0 Å². The van der Waals surface area contributed by atoms with Crippen LogP contribution in [0.5, 0.6) is 0 Å². The number of rotatable bonds is 6. The molecular formula is C17H12ClN3O6. The first kappa shape index (κ1) is 18.3. The fourth-order valence-electron chi connectivity index (χ4n) is 2.30. The number of aromatic nitrogens is 1. The summed E-state index contributed by atoms with van der Waals surface area (Å²) in [7, 11) is 0. The summed E-state index contributed by atoms with van der Waals surface area (Å²) in [5.74, 6) is -1.29. The van der Waals surface area contributed by atoms with Crippen molar-refractivity contribution in [2.75, 3.05) is 11.9 Å². The number of nitrogens with one attached hydrogen (secondary N) is 1. The van der Waals surface area contributed by atoms with Crippen molar-refractivity contribution >= 4 is 45.8 Å². The Kier molecular flexibility index (Phi) is 5.32. The number of para-hydroxylation sites is 1. The molecule has 0 fully saturated rings. The van der Waals surface area contributed by atoms with Gasteiger partial charge in [-0.25, -0.2) is 0 Å². The Hall–Kier alpha value is -3.46. The molecule has 0 aliphatic heterocycles. The summed E-state index contributed by atoms with van der Waals surface area (Å²) in [6, 6.07) is 10.7. The number of nitro benzene ring substituents is 1. The molecule has 3 rings (SSSR count). The number of fused-ring (bicyclic) bond motifs is 1. The third kappa shape index (κ3) is 4.39. The molecule has 0 radical (unpaired) electrons. The number of hydrogen-bond acceptors (Lipinski definition) is 7. The summed E-state index contributed by atoms with van der Waals surface area (Å²) < 4.78 is 10.0. The average molecular weight is 390 g/mol. The van der Waals surface area contributed by atoms with Gasteiger partial charge in [0.25, 0.3) is 11.6 Å². The van der Waals surface area contributed by atoms with E-state index in [-0.39, 0.29) is 22.8 Å². The highest BCUT2D eigenvalue weighted by molar-refractivity contribution is 6.34. The number of amides is 1. The molecule has 1 heterocycles. The highest BCUT2D eigenvalue weighted by Gasteiger charge is 2.16. The maximum Gasteiger partial charge on any atom is 0.312 e. The van der Waals surface area contributed by atoms with E-state index in [4.69, 9.17) is 20.9 Å². The monoisotopic (exact) mass is 389 g/mol. The maximum absolute atomic E-state index is 11.9. The van der Waals surface area contributed by atoms with E-state index in [1.165, 1.54) is 12.1 Å². The summed E-state index contributed by atoms with van der Waals surface area (Å²) in [4.78, 5) is 33.9. The van der Waals surface area contributed by atoms with Crippen molar-refractivity contribution in [1.29, 1.82) is 0 Å². The second-order valence-electron chi connectivity index (χ2n) is 5.43. The smallest absolute Gasteiger partial charge is 0.312 e. The number of halogens is 1. The number of nitro groups is 1. The molecule has 0 unspecified atom stereocenters. The number of carbonyl (C=O) groups excluding carboxylic acids is 2. The molecule has 2 aromatic carbocycles. The molecule has 0 atom stereocenters. The fraction of sp³-hybridized carbons (Fsp3) is 0.118. The van der Waals surface area contributed by atoms with Crippen LogP contribution in [0.25, 0.3) is 11.0 Å². The molecule has 9 nitrogen and oxygen atoms in total. The van der Waals surface area contributed by atoms with Gasteiger partial charge in [0, 0.05) is 17.5 Å². The molecular weight excluding hydrogens is 378 g/mol. The molecule has 0 spiro atoms. The van der Waals surface area contributed by atoms with Crippen molar-refractivity contribution in [3.63, 3.8) is 0 Å². The van der Waals surface area contributed by atoms with Gasteiger partial charge in [-0.1, -0.05) is 28.9 Å². The van der Waals surface area contributed by atoms with Crippen molar-refractivity contribution in [3.8, 4) is 0 Å². The van der Waals surface area contributed by atoms with Crippen molar-refractivity contribution in [2.45, 2.75) is 6.42 Å². The van der Waals surface area contributed by atoms with Crippen LogP contribution in [0.1, 0.15) is 5.69 Å². The summed E-state index contributed by atoms with van der Waals surface area (Å²) in [5.41, 5.74) is 0.926. The number of anilines is 1. The Labute approximate surface area is 157 Å². The normalized spacial score (nSPS) is 10.6. The number of esters is 1. The molecule has 0 saturated carbocycles. The lowest BCUT2D eigenvalue weighted by atomic mass is 10.2. The molecule has 1 amide bonds. The third-order valence-electron chi connectivity index (χ3n) is 3.57. The first-order valence-electron chi connectivity index (χ1n) is 7.67. The minimum absolute atomic E-state index is 0.00190. The van der Waals surface area contributed by atoms with Crippen LogP contribution in [0, 0.1) is 10.1 Å². The third-order valence-corrected chi connectivity index (χ3v) is 3.88. The highest BCUT2D eigenvalue weighted by atomic mass is 35.5. The van der Waals surface area contributed by atoms with Crippen LogP contribution in [0.2, 0.25) is 5.02 Å². The van der Waals surface area contributed by atoms with E-state index in [1.54, 1.807) is 24.3 Å². The second-order valence-corrected chi connectivity index (χ2v) is 5.84. The number of benzene rings is 2. The molecule has 1 N–H and O–H groups in total. The highest BCUT2D eigenvalue weighted by Crippen LogP contribution is 2.26. The Morgan fingerprint density at radius 3 is 2.78 bits per heavy atom. The molecule has 0 bridgehead atoms. The van der Waals surface area contributed by atoms with Crippen molar-refractivity contribution in [3.05, 3.63) is 63.3 Å². The van der Waals surface area contributed by atoms with Gasteiger partial charge in [0.15, 0.2) is 12.2 Å². The average Bonchev–Trinajstić information content (AvgIpc) is 3.04. The van der Waals surface area contributed by atoms with E-state index in [0.717, 1.165) is 6.07 Å². The Balaban J connectivity index is 1.54. The molecule has 0 aliphatic carbocycles. The molecule has 27 heavy (non-hydrogen) atoms. The number of ether oxygens (including phenoxy) is 1. The van der Waals surface area contributed by atoms with E-state index in [1.807, 2.05) is 0 Å². The predicted molar refractivity (Wildman–Crippen MR) is 95.4 cm³/mol.